The maximum absolute atomic E-state index is 12.9. The summed E-state index contributed by atoms with van der Waals surface area (Å²) in [6.07, 6.45) is -4.66. The molecule has 3 rings (SSSR count). The molecule has 0 aliphatic heterocycles. The SMILES string of the molecule is COc1ccccc1Oc1cc(NC(=O)C(C)n2nc(C(F)(F)F)cc2C)cc([N+](=O)[O-])c1. The zero-order valence-electron chi connectivity index (χ0n) is 17.7. The summed E-state index contributed by atoms with van der Waals surface area (Å²) in [5.41, 5.74) is -1.33. The molecule has 0 saturated carbocycles. The first-order chi connectivity index (χ1) is 15.5. The van der Waals surface area contributed by atoms with Crippen LogP contribution in [0, 0.1) is 17.0 Å². The number of nitro benzene ring substituents is 1. The van der Waals surface area contributed by atoms with Crippen molar-refractivity contribution in [3.05, 3.63) is 70.0 Å². The maximum Gasteiger partial charge on any atom is 0.435 e. The molecule has 9 nitrogen and oxygen atoms in total. The number of benzene rings is 2. The number of hydrogen-bond donors (Lipinski definition) is 1. The average molecular weight is 464 g/mol. The molecule has 0 spiro atoms. The largest absolute Gasteiger partial charge is 0.493 e. The van der Waals surface area contributed by atoms with Gasteiger partial charge >= 0.3 is 6.18 Å². The van der Waals surface area contributed by atoms with E-state index in [0.29, 0.717) is 5.75 Å². The molecule has 3 aromatic rings. The van der Waals surface area contributed by atoms with Crippen LogP contribution in [0.5, 0.6) is 17.2 Å². The molecule has 0 aliphatic rings. The molecule has 1 heterocycles. The standard InChI is InChI=1S/C21H19F3N4O5/c1-12-8-19(21(22,23)24)26-27(12)13(2)20(29)25-14-9-15(28(30)31)11-16(10-14)33-18-7-5-4-6-17(18)32-3/h4-11,13H,1-3H3,(H,25,29). The van der Waals surface area contributed by atoms with E-state index < -0.39 is 28.7 Å². The quantitative estimate of drug-likeness (QED) is 0.384. The second kappa shape index (κ2) is 9.18. The topological polar surface area (TPSA) is 109 Å². The second-order valence-corrected chi connectivity index (χ2v) is 7.00. The number of carbonyl (C=O) groups is 1. The first kappa shape index (κ1) is 23.6. The van der Waals surface area contributed by atoms with E-state index in [1.54, 1.807) is 24.3 Å². The number of aromatic nitrogens is 2. The van der Waals surface area contributed by atoms with Gasteiger partial charge in [0.2, 0.25) is 5.91 Å². The van der Waals surface area contributed by atoms with Gasteiger partial charge < -0.3 is 14.8 Å². The number of amides is 1. The van der Waals surface area contributed by atoms with Gasteiger partial charge in [0, 0.05) is 17.8 Å². The number of nitrogens with zero attached hydrogens (tertiary/aromatic N) is 3. The maximum atomic E-state index is 12.9. The van der Waals surface area contributed by atoms with Crippen LogP contribution in [0.3, 0.4) is 0 Å². The molecule has 1 unspecified atom stereocenters. The highest BCUT2D eigenvalue weighted by molar-refractivity contribution is 5.94. The van der Waals surface area contributed by atoms with Crippen LogP contribution in [0.4, 0.5) is 24.5 Å². The highest BCUT2D eigenvalue weighted by atomic mass is 19.4. The van der Waals surface area contributed by atoms with Gasteiger partial charge in [0.1, 0.15) is 11.8 Å². The first-order valence-corrected chi connectivity index (χ1v) is 9.54. The van der Waals surface area contributed by atoms with Gasteiger partial charge in [-0.25, -0.2) is 0 Å². The van der Waals surface area contributed by atoms with Crippen molar-refractivity contribution in [3.8, 4) is 17.2 Å². The van der Waals surface area contributed by atoms with Crippen LogP contribution in [0.1, 0.15) is 24.4 Å². The Morgan fingerprint density at radius 1 is 1.18 bits per heavy atom. The van der Waals surface area contributed by atoms with Gasteiger partial charge in [-0.2, -0.15) is 18.3 Å². The number of nitrogens with one attached hydrogen (secondary N) is 1. The Bertz CT molecular complexity index is 1190. The lowest BCUT2D eigenvalue weighted by atomic mass is 10.2. The van der Waals surface area contributed by atoms with E-state index in [1.165, 1.54) is 33.1 Å². The monoisotopic (exact) mass is 464 g/mol. The van der Waals surface area contributed by atoms with Crippen LogP contribution in [-0.2, 0) is 11.0 Å². The third-order valence-electron chi connectivity index (χ3n) is 4.63. The number of halogens is 3. The molecule has 0 radical (unpaired) electrons. The first-order valence-electron chi connectivity index (χ1n) is 9.54. The summed E-state index contributed by atoms with van der Waals surface area (Å²) in [4.78, 5) is 23.4. The molecule has 174 valence electrons. The number of alkyl halides is 3. The molecule has 0 saturated heterocycles. The normalized spacial score (nSPS) is 12.2. The van der Waals surface area contributed by atoms with Gasteiger partial charge in [0.25, 0.3) is 5.69 Å². The van der Waals surface area contributed by atoms with E-state index in [2.05, 4.69) is 10.4 Å². The van der Waals surface area contributed by atoms with Crippen LogP contribution in [0.25, 0.3) is 0 Å². The molecular weight excluding hydrogens is 445 g/mol. The summed E-state index contributed by atoms with van der Waals surface area (Å²) in [7, 11) is 1.43. The van der Waals surface area contributed by atoms with Gasteiger partial charge in [0.15, 0.2) is 17.2 Å². The van der Waals surface area contributed by atoms with Gasteiger partial charge in [-0.15, -0.1) is 0 Å². The number of para-hydroxylation sites is 2. The predicted molar refractivity (Wildman–Crippen MR) is 111 cm³/mol. The average Bonchev–Trinajstić information content (AvgIpc) is 3.15. The van der Waals surface area contributed by atoms with E-state index in [4.69, 9.17) is 9.47 Å². The van der Waals surface area contributed by atoms with Crippen molar-refractivity contribution in [1.82, 2.24) is 9.78 Å². The highest BCUT2D eigenvalue weighted by Crippen LogP contribution is 2.35. The minimum Gasteiger partial charge on any atom is -0.493 e. The number of aryl methyl sites for hydroxylation is 1. The van der Waals surface area contributed by atoms with Crippen molar-refractivity contribution in [1.29, 1.82) is 0 Å². The highest BCUT2D eigenvalue weighted by Gasteiger charge is 2.35. The van der Waals surface area contributed by atoms with E-state index >= 15 is 0 Å². The van der Waals surface area contributed by atoms with Crippen LogP contribution < -0.4 is 14.8 Å². The van der Waals surface area contributed by atoms with E-state index in [9.17, 15) is 28.1 Å². The van der Waals surface area contributed by atoms with Gasteiger partial charge in [0.05, 0.1) is 23.8 Å². The zero-order valence-corrected chi connectivity index (χ0v) is 17.7. The Labute approximate surface area is 185 Å². The molecule has 12 heteroatoms. The Morgan fingerprint density at radius 2 is 1.85 bits per heavy atom. The van der Waals surface area contributed by atoms with E-state index in [-0.39, 0.29) is 28.6 Å². The van der Waals surface area contributed by atoms with Crippen LogP contribution in [0.2, 0.25) is 0 Å². The molecule has 0 bridgehead atoms. The molecule has 1 aromatic heterocycles. The second-order valence-electron chi connectivity index (χ2n) is 7.00. The van der Waals surface area contributed by atoms with Crippen LogP contribution in [0.15, 0.2) is 48.5 Å². The third-order valence-corrected chi connectivity index (χ3v) is 4.63. The molecular formula is C21H19F3N4O5. The van der Waals surface area contributed by atoms with Crippen molar-refractivity contribution in [2.24, 2.45) is 0 Å². The Morgan fingerprint density at radius 3 is 2.42 bits per heavy atom. The van der Waals surface area contributed by atoms with E-state index in [1.807, 2.05) is 0 Å². The fourth-order valence-corrected chi connectivity index (χ4v) is 3.03. The fraction of sp³-hybridized carbons (Fsp3) is 0.238. The molecule has 33 heavy (non-hydrogen) atoms. The summed E-state index contributed by atoms with van der Waals surface area (Å²) < 4.78 is 50.6. The lowest BCUT2D eigenvalue weighted by Gasteiger charge is -2.15. The molecule has 2 aromatic carbocycles. The number of carbonyl (C=O) groups excluding carboxylic acids is 1. The summed E-state index contributed by atoms with van der Waals surface area (Å²) >= 11 is 0. The lowest BCUT2D eigenvalue weighted by Crippen LogP contribution is -2.25. The Hall–Kier alpha value is -4.09. The minimum absolute atomic E-state index is 0.0202. The number of anilines is 1. The number of ether oxygens (including phenoxy) is 2. The Kier molecular flexibility index (Phi) is 6.56. The summed E-state index contributed by atoms with van der Waals surface area (Å²) in [5.74, 6) is 0.000716. The fourth-order valence-electron chi connectivity index (χ4n) is 3.03. The van der Waals surface area contributed by atoms with Crippen molar-refractivity contribution in [3.63, 3.8) is 0 Å². The smallest absolute Gasteiger partial charge is 0.435 e. The van der Waals surface area contributed by atoms with Crippen molar-refractivity contribution in [2.45, 2.75) is 26.1 Å². The van der Waals surface area contributed by atoms with Crippen LogP contribution in [-0.4, -0.2) is 27.7 Å². The molecule has 1 N–H and O–H groups in total. The number of hydrogen-bond acceptors (Lipinski definition) is 6. The van der Waals surface area contributed by atoms with Crippen LogP contribution >= 0.6 is 0 Å². The third kappa shape index (κ3) is 5.40. The van der Waals surface area contributed by atoms with Crippen molar-refractivity contribution >= 4 is 17.3 Å². The molecule has 1 amide bonds. The molecule has 1 atom stereocenters. The Balaban J connectivity index is 1.87. The van der Waals surface area contributed by atoms with Crippen molar-refractivity contribution in [2.75, 3.05) is 12.4 Å². The minimum atomic E-state index is -4.66. The molecule has 0 aliphatic carbocycles. The molecule has 0 fully saturated rings. The summed E-state index contributed by atoms with van der Waals surface area (Å²) in [6.45, 7) is 2.75. The van der Waals surface area contributed by atoms with Gasteiger partial charge in [-0.1, -0.05) is 12.1 Å². The zero-order chi connectivity index (χ0) is 24.3. The number of non-ortho nitro benzene ring substituents is 1. The predicted octanol–water partition coefficient (Wildman–Crippen LogP) is 5.12. The summed E-state index contributed by atoms with van der Waals surface area (Å²) in [6, 6.07) is 9.95. The van der Waals surface area contributed by atoms with Crippen molar-refractivity contribution < 1.29 is 32.4 Å². The van der Waals surface area contributed by atoms with Gasteiger partial charge in [-0.3, -0.25) is 19.6 Å². The summed E-state index contributed by atoms with van der Waals surface area (Å²) in [5, 5.41) is 17.3. The number of methoxy groups -OCH3 is 1. The van der Waals surface area contributed by atoms with Gasteiger partial charge in [-0.05, 0) is 32.0 Å². The number of nitro groups is 1. The number of rotatable bonds is 7. The lowest BCUT2D eigenvalue weighted by molar-refractivity contribution is -0.384. The van der Waals surface area contributed by atoms with E-state index in [0.717, 1.165) is 16.8 Å².